The molecule has 0 aromatic heterocycles. The van der Waals surface area contributed by atoms with E-state index in [0.717, 1.165) is 57.9 Å². The van der Waals surface area contributed by atoms with Crippen molar-refractivity contribution in [2.24, 2.45) is 0 Å². The van der Waals surface area contributed by atoms with Gasteiger partial charge in [0.2, 0.25) is 0 Å². The number of hydrogen-bond donors (Lipinski definition) is 0. The fraction of sp³-hybridized carbons (Fsp3) is 0.812. The predicted octanol–water partition coefficient (Wildman–Crippen LogP) is 14.3. The van der Waals surface area contributed by atoms with E-state index in [9.17, 15) is 14.4 Å². The minimum Gasteiger partial charge on any atom is -0.466 e. The van der Waals surface area contributed by atoms with E-state index in [-0.39, 0.29) is 12.6 Å². The van der Waals surface area contributed by atoms with Gasteiger partial charge in [0.15, 0.2) is 6.61 Å². The van der Waals surface area contributed by atoms with Crippen molar-refractivity contribution in [3.05, 3.63) is 36.5 Å². The van der Waals surface area contributed by atoms with Crippen molar-refractivity contribution in [1.29, 1.82) is 0 Å². The summed E-state index contributed by atoms with van der Waals surface area (Å²) in [6.45, 7) is 16.0. The van der Waals surface area contributed by atoms with Gasteiger partial charge in [0.1, 0.15) is 0 Å². The van der Waals surface area contributed by atoms with Crippen molar-refractivity contribution in [2.75, 3.05) is 47.1 Å². The van der Waals surface area contributed by atoms with Crippen LogP contribution in [0.2, 0.25) is 0 Å². The van der Waals surface area contributed by atoms with Crippen LogP contribution in [0.3, 0.4) is 0 Å². The molecule has 0 unspecified atom stereocenters. The quantitative estimate of drug-likeness (QED) is 0.0275. The van der Waals surface area contributed by atoms with Crippen LogP contribution in [0, 0.1) is 0 Å². The van der Waals surface area contributed by atoms with Crippen LogP contribution in [0.15, 0.2) is 36.5 Å². The highest BCUT2D eigenvalue weighted by molar-refractivity contribution is 5.73. The number of esters is 2. The standard InChI is InChI=1S/C26H47NO5.C14H26O2.C6H14.C2H6/c1-4-5-6-7-8-9-10-11-12-13-14-15-16-17-18-19-22-30-25(28)24-32-26(29)31-23-20-21-27(2)3;1-3-4-5-6-7-8-9-10-11-12-13-16-14(2)15;1-3-5-6-4-2;1-2/h8-9,11-12H,4-7,10,13-24H2,1-3H3;4-5H,3,6-13H2,1-2H3;3-6H2,1-2H3;1-2H3/b9-8-,12-11-;5-4-;;. The zero-order chi connectivity index (χ0) is 42.6. The van der Waals surface area contributed by atoms with Gasteiger partial charge in [-0.15, -0.1) is 0 Å². The lowest BCUT2D eigenvalue weighted by Crippen LogP contribution is -2.19. The fourth-order valence-corrected chi connectivity index (χ4v) is 5.09. The Morgan fingerprint density at radius 3 is 1.34 bits per heavy atom. The molecule has 0 aliphatic heterocycles. The molecule has 0 aromatic carbocycles. The lowest BCUT2D eigenvalue weighted by atomic mass is 10.1. The molecule has 332 valence electrons. The van der Waals surface area contributed by atoms with E-state index in [1.165, 1.54) is 116 Å². The molecule has 0 saturated heterocycles. The number of unbranched alkanes of at least 4 members (excludes halogenated alkanes) is 18. The van der Waals surface area contributed by atoms with E-state index in [0.29, 0.717) is 13.2 Å². The third kappa shape index (κ3) is 66.2. The minimum absolute atomic E-state index is 0.164. The monoisotopic (exact) mass is 796 g/mol. The Morgan fingerprint density at radius 1 is 0.464 bits per heavy atom. The van der Waals surface area contributed by atoms with E-state index in [4.69, 9.17) is 18.9 Å². The Morgan fingerprint density at radius 2 is 0.875 bits per heavy atom. The summed E-state index contributed by atoms with van der Waals surface area (Å²) in [6, 6.07) is 0. The van der Waals surface area contributed by atoms with Crippen LogP contribution in [0.5, 0.6) is 0 Å². The molecule has 0 atom stereocenters. The van der Waals surface area contributed by atoms with Crippen molar-refractivity contribution in [3.63, 3.8) is 0 Å². The van der Waals surface area contributed by atoms with Crippen LogP contribution in [-0.4, -0.2) is 70.1 Å². The van der Waals surface area contributed by atoms with Gasteiger partial charge in [-0.2, -0.15) is 0 Å². The Balaban J connectivity index is -0.000000464. The molecule has 0 aromatic rings. The summed E-state index contributed by atoms with van der Waals surface area (Å²) in [7, 11) is 3.90. The van der Waals surface area contributed by atoms with Gasteiger partial charge in [-0.3, -0.25) is 4.79 Å². The van der Waals surface area contributed by atoms with Crippen molar-refractivity contribution in [3.8, 4) is 0 Å². The Bertz CT molecular complexity index is 866. The number of carbonyl (C=O) groups is 3. The molecule has 0 aliphatic carbocycles. The molecular formula is C48H93NO7. The normalized spacial score (nSPS) is 10.8. The van der Waals surface area contributed by atoms with E-state index in [1.54, 1.807) is 0 Å². The molecule has 8 heteroatoms. The molecule has 0 rings (SSSR count). The van der Waals surface area contributed by atoms with Crippen LogP contribution in [0.1, 0.15) is 209 Å². The zero-order valence-corrected chi connectivity index (χ0v) is 38.5. The largest absolute Gasteiger partial charge is 0.508 e. The molecule has 8 nitrogen and oxygen atoms in total. The van der Waals surface area contributed by atoms with Gasteiger partial charge in [0.25, 0.3) is 0 Å². The molecule has 0 bridgehead atoms. The minimum atomic E-state index is -0.825. The summed E-state index contributed by atoms with van der Waals surface area (Å²) < 4.78 is 19.6. The average Bonchev–Trinajstić information content (AvgIpc) is 3.19. The number of allylic oxidation sites excluding steroid dienone is 6. The number of carbonyl (C=O) groups excluding carboxylic acids is 3. The number of hydrogen-bond acceptors (Lipinski definition) is 8. The highest BCUT2D eigenvalue weighted by atomic mass is 16.7. The molecule has 0 spiro atoms. The van der Waals surface area contributed by atoms with Crippen LogP contribution < -0.4 is 0 Å². The Kier molecular flexibility index (Phi) is 60.8. The first-order valence-corrected chi connectivity index (χ1v) is 22.9. The third-order valence-electron chi connectivity index (χ3n) is 8.32. The van der Waals surface area contributed by atoms with Crippen molar-refractivity contribution in [1.82, 2.24) is 4.90 Å². The van der Waals surface area contributed by atoms with Gasteiger partial charge in [-0.05, 0) is 84.7 Å². The van der Waals surface area contributed by atoms with Crippen LogP contribution >= 0.6 is 0 Å². The molecule has 0 amide bonds. The first-order chi connectivity index (χ1) is 27.2. The highest BCUT2D eigenvalue weighted by Crippen LogP contribution is 2.09. The van der Waals surface area contributed by atoms with Gasteiger partial charge >= 0.3 is 18.1 Å². The van der Waals surface area contributed by atoms with Crippen LogP contribution in [0.4, 0.5) is 4.79 Å². The van der Waals surface area contributed by atoms with E-state index < -0.39 is 18.7 Å². The van der Waals surface area contributed by atoms with Gasteiger partial charge in [-0.25, -0.2) is 9.59 Å². The number of nitrogens with zero attached hydrogens (tertiary/aromatic N) is 1. The SMILES string of the molecule is CC.CC/C=C\CCCCCCCCOC(C)=O.CCCCC/C=C\C/C=C\CCCCCCCCOC(=O)COC(=O)OCCCN(C)C.CCCCCC. The van der Waals surface area contributed by atoms with Gasteiger partial charge in [-0.1, -0.05) is 168 Å². The topological polar surface area (TPSA) is 91.4 Å². The van der Waals surface area contributed by atoms with Crippen molar-refractivity contribution < 1.29 is 33.3 Å². The lowest BCUT2D eigenvalue weighted by Gasteiger charge is -2.09. The average molecular weight is 796 g/mol. The van der Waals surface area contributed by atoms with E-state index in [2.05, 4.69) is 64.2 Å². The summed E-state index contributed by atoms with van der Waals surface area (Å²) >= 11 is 0. The molecule has 0 saturated carbocycles. The maximum atomic E-state index is 11.6. The first-order valence-electron chi connectivity index (χ1n) is 22.9. The van der Waals surface area contributed by atoms with Crippen molar-refractivity contribution in [2.45, 2.75) is 209 Å². The predicted molar refractivity (Wildman–Crippen MR) is 240 cm³/mol. The number of rotatable bonds is 34. The second kappa shape index (κ2) is 56.7. The fourth-order valence-electron chi connectivity index (χ4n) is 5.09. The summed E-state index contributed by atoms with van der Waals surface area (Å²) in [5, 5.41) is 0. The smallest absolute Gasteiger partial charge is 0.466 e. The van der Waals surface area contributed by atoms with Gasteiger partial charge in [0.05, 0.1) is 19.8 Å². The van der Waals surface area contributed by atoms with Gasteiger partial charge in [0, 0.05) is 13.5 Å². The summed E-state index contributed by atoms with van der Waals surface area (Å²) in [6.07, 6.45) is 42.9. The summed E-state index contributed by atoms with van der Waals surface area (Å²) in [5.74, 6) is -0.694. The Hall–Kier alpha value is -2.61. The third-order valence-corrected chi connectivity index (χ3v) is 8.32. The first kappa shape index (κ1) is 60.1. The number of ether oxygens (including phenoxy) is 4. The molecule has 0 aliphatic rings. The maximum Gasteiger partial charge on any atom is 0.508 e. The molecular weight excluding hydrogens is 703 g/mol. The maximum absolute atomic E-state index is 11.6. The summed E-state index contributed by atoms with van der Waals surface area (Å²) in [4.78, 5) is 35.4. The summed E-state index contributed by atoms with van der Waals surface area (Å²) in [5.41, 5.74) is 0. The lowest BCUT2D eigenvalue weighted by molar-refractivity contribution is -0.148. The molecule has 0 N–H and O–H groups in total. The molecule has 56 heavy (non-hydrogen) atoms. The molecule has 0 fully saturated rings. The molecule has 0 radical (unpaired) electrons. The van der Waals surface area contributed by atoms with Crippen molar-refractivity contribution >= 4 is 18.1 Å². The van der Waals surface area contributed by atoms with Gasteiger partial charge < -0.3 is 23.8 Å². The van der Waals surface area contributed by atoms with E-state index in [1.807, 2.05) is 32.8 Å². The molecule has 0 heterocycles. The second-order valence-electron chi connectivity index (χ2n) is 14.2. The second-order valence-corrected chi connectivity index (χ2v) is 14.2. The van der Waals surface area contributed by atoms with E-state index >= 15 is 0 Å². The Labute approximate surface area is 348 Å². The zero-order valence-electron chi connectivity index (χ0n) is 38.5. The highest BCUT2D eigenvalue weighted by Gasteiger charge is 2.09. The van der Waals surface area contributed by atoms with Crippen LogP contribution in [-0.2, 0) is 28.5 Å². The van der Waals surface area contributed by atoms with Crippen LogP contribution in [0.25, 0.3) is 0 Å².